The fourth-order valence-electron chi connectivity index (χ4n) is 2.52. The molecule has 1 aliphatic rings. The molecule has 2 heterocycles. The molecule has 1 aromatic heterocycles. The minimum Gasteiger partial charge on any atom is -0.481 e. The first-order chi connectivity index (χ1) is 8.55. The van der Waals surface area contributed by atoms with E-state index < -0.39 is 11.4 Å². The van der Waals surface area contributed by atoms with Gasteiger partial charge < -0.3 is 5.11 Å². The van der Waals surface area contributed by atoms with E-state index in [4.69, 9.17) is 0 Å². The minimum absolute atomic E-state index is 0.491. The maximum atomic E-state index is 11.3. The monoisotopic (exact) mass is 268 g/mol. The van der Waals surface area contributed by atoms with Crippen molar-refractivity contribution in [2.45, 2.75) is 39.7 Å². The Kier molecular flexibility index (Phi) is 4.02. The molecule has 0 radical (unpaired) electrons. The molecule has 1 aromatic rings. The normalized spacial score (nSPS) is 19.9. The number of aliphatic carboxylic acids is 1. The first kappa shape index (κ1) is 13.5. The second-order valence-corrected chi connectivity index (χ2v) is 6.04. The van der Waals surface area contributed by atoms with Crippen LogP contribution in [0.3, 0.4) is 0 Å². The Morgan fingerprint density at radius 3 is 2.67 bits per heavy atom. The van der Waals surface area contributed by atoms with Gasteiger partial charge in [-0.15, -0.1) is 11.3 Å². The molecular weight excluding hydrogens is 248 g/mol. The molecule has 5 heteroatoms. The summed E-state index contributed by atoms with van der Waals surface area (Å²) in [5.74, 6) is -0.630. The predicted octanol–water partition coefficient (Wildman–Crippen LogP) is 2.53. The summed E-state index contributed by atoms with van der Waals surface area (Å²) in [6.07, 6.45) is 2.24. The van der Waals surface area contributed by atoms with Gasteiger partial charge in [0.2, 0.25) is 0 Å². The summed E-state index contributed by atoms with van der Waals surface area (Å²) in [5.41, 5.74) is 0.579. The Balaban J connectivity index is 1.92. The van der Waals surface area contributed by atoms with Crippen molar-refractivity contribution in [2.24, 2.45) is 5.41 Å². The van der Waals surface area contributed by atoms with Crippen molar-refractivity contribution in [2.75, 3.05) is 13.1 Å². The highest BCUT2D eigenvalue weighted by Crippen LogP contribution is 2.35. The van der Waals surface area contributed by atoms with E-state index >= 15 is 0 Å². The van der Waals surface area contributed by atoms with Crippen molar-refractivity contribution < 1.29 is 9.90 Å². The van der Waals surface area contributed by atoms with Gasteiger partial charge in [0.05, 0.1) is 12.0 Å². The van der Waals surface area contributed by atoms with Crippen molar-refractivity contribution in [1.29, 1.82) is 0 Å². The van der Waals surface area contributed by atoms with Crippen LogP contribution in [0.4, 0.5) is 0 Å². The molecule has 18 heavy (non-hydrogen) atoms. The molecule has 100 valence electrons. The third-order valence-electron chi connectivity index (χ3n) is 3.97. The zero-order chi connectivity index (χ0) is 13.2. The van der Waals surface area contributed by atoms with E-state index in [2.05, 4.69) is 15.3 Å². The maximum absolute atomic E-state index is 11.3. The molecule has 1 fully saturated rings. The fraction of sp³-hybridized carbons (Fsp3) is 0.692. The number of thiazole rings is 1. The number of piperidine rings is 1. The molecule has 2 rings (SSSR count). The van der Waals surface area contributed by atoms with Crippen molar-refractivity contribution in [3.8, 4) is 0 Å². The van der Waals surface area contributed by atoms with Gasteiger partial charge in [-0.05, 0) is 39.3 Å². The maximum Gasteiger partial charge on any atom is 0.309 e. The zero-order valence-electron chi connectivity index (χ0n) is 11.0. The van der Waals surface area contributed by atoms with Crippen LogP contribution < -0.4 is 0 Å². The Bertz CT molecular complexity index is 422. The van der Waals surface area contributed by atoms with Gasteiger partial charge in [0, 0.05) is 11.1 Å². The van der Waals surface area contributed by atoms with Crippen LogP contribution in [-0.4, -0.2) is 34.0 Å². The lowest BCUT2D eigenvalue weighted by Gasteiger charge is -2.37. The minimum atomic E-state index is -0.630. The second kappa shape index (κ2) is 5.36. The van der Waals surface area contributed by atoms with Gasteiger partial charge in [0.15, 0.2) is 0 Å². The Hall–Kier alpha value is -0.940. The number of hydrogen-bond acceptors (Lipinski definition) is 4. The first-order valence-electron chi connectivity index (χ1n) is 6.42. The smallest absolute Gasteiger partial charge is 0.309 e. The van der Waals surface area contributed by atoms with Crippen LogP contribution in [0.25, 0.3) is 0 Å². The van der Waals surface area contributed by atoms with Gasteiger partial charge in [-0.3, -0.25) is 9.69 Å². The number of aromatic nitrogens is 1. The predicted molar refractivity (Wildman–Crippen MR) is 71.7 cm³/mol. The van der Waals surface area contributed by atoms with E-state index in [1.807, 2.05) is 13.8 Å². The number of aryl methyl sites for hydroxylation is 1. The van der Waals surface area contributed by atoms with Crippen LogP contribution in [0.15, 0.2) is 5.38 Å². The first-order valence-corrected chi connectivity index (χ1v) is 7.30. The van der Waals surface area contributed by atoms with Gasteiger partial charge in [0.1, 0.15) is 5.01 Å². The summed E-state index contributed by atoms with van der Waals surface area (Å²) in [6, 6.07) is 0. The molecule has 0 amide bonds. The van der Waals surface area contributed by atoms with Gasteiger partial charge in [-0.2, -0.15) is 0 Å². The van der Waals surface area contributed by atoms with Crippen LogP contribution in [0.1, 0.15) is 36.9 Å². The Morgan fingerprint density at radius 2 is 2.22 bits per heavy atom. The lowest BCUT2D eigenvalue weighted by molar-refractivity contribution is -0.152. The summed E-state index contributed by atoms with van der Waals surface area (Å²) >= 11 is 1.69. The summed E-state index contributed by atoms with van der Waals surface area (Å²) in [7, 11) is 0. The molecule has 0 aliphatic carbocycles. The summed E-state index contributed by atoms with van der Waals surface area (Å²) in [5, 5.41) is 12.5. The average Bonchev–Trinajstić information content (AvgIpc) is 2.76. The zero-order valence-corrected chi connectivity index (χ0v) is 11.8. The van der Waals surface area contributed by atoms with E-state index in [0.717, 1.165) is 49.6 Å². The molecule has 0 atom stereocenters. The topological polar surface area (TPSA) is 53.4 Å². The highest BCUT2D eigenvalue weighted by Gasteiger charge is 2.39. The number of carboxylic acids is 1. The SMILES string of the molecule is CCC1(C(=O)O)CCN(Cc2nc(C)cs2)CC1. The molecular formula is C13H20N2O2S. The van der Waals surface area contributed by atoms with Crippen molar-refractivity contribution in [3.05, 3.63) is 16.1 Å². The average molecular weight is 268 g/mol. The highest BCUT2D eigenvalue weighted by atomic mass is 32.1. The fourth-order valence-corrected chi connectivity index (χ4v) is 3.34. The van der Waals surface area contributed by atoms with E-state index in [0.29, 0.717) is 0 Å². The molecule has 1 aliphatic heterocycles. The largest absolute Gasteiger partial charge is 0.481 e. The van der Waals surface area contributed by atoms with E-state index in [1.54, 1.807) is 11.3 Å². The number of rotatable bonds is 4. The van der Waals surface area contributed by atoms with Crippen molar-refractivity contribution >= 4 is 17.3 Å². The van der Waals surface area contributed by atoms with Crippen molar-refractivity contribution in [1.82, 2.24) is 9.88 Å². The van der Waals surface area contributed by atoms with Crippen LogP contribution in [0.2, 0.25) is 0 Å². The molecule has 0 saturated carbocycles. The van der Waals surface area contributed by atoms with Gasteiger partial charge in [0.25, 0.3) is 0 Å². The molecule has 0 spiro atoms. The number of carboxylic acid groups (broad SMARTS) is 1. The number of nitrogens with zero attached hydrogens (tertiary/aromatic N) is 2. The second-order valence-electron chi connectivity index (χ2n) is 5.10. The third-order valence-corrected chi connectivity index (χ3v) is 4.92. The van der Waals surface area contributed by atoms with Gasteiger partial charge in [-0.1, -0.05) is 6.92 Å². The van der Waals surface area contributed by atoms with E-state index in [9.17, 15) is 9.90 Å². The molecule has 4 nitrogen and oxygen atoms in total. The number of hydrogen-bond donors (Lipinski definition) is 1. The highest BCUT2D eigenvalue weighted by molar-refractivity contribution is 7.09. The summed E-state index contributed by atoms with van der Waals surface area (Å²) in [6.45, 7) is 6.56. The lowest BCUT2D eigenvalue weighted by atomic mass is 9.76. The van der Waals surface area contributed by atoms with Gasteiger partial charge in [-0.25, -0.2) is 4.98 Å². The number of likely N-dealkylation sites (tertiary alicyclic amines) is 1. The quantitative estimate of drug-likeness (QED) is 0.911. The standard InChI is InChI=1S/C13H20N2O2S/c1-3-13(12(16)17)4-6-15(7-5-13)8-11-14-10(2)9-18-11/h9H,3-8H2,1-2H3,(H,16,17). The van der Waals surface area contributed by atoms with Crippen molar-refractivity contribution in [3.63, 3.8) is 0 Å². The van der Waals surface area contributed by atoms with Crippen LogP contribution >= 0.6 is 11.3 Å². The third kappa shape index (κ3) is 2.72. The molecule has 1 saturated heterocycles. The molecule has 0 unspecified atom stereocenters. The van der Waals surface area contributed by atoms with E-state index in [1.165, 1.54) is 0 Å². The molecule has 1 N–H and O–H groups in total. The van der Waals surface area contributed by atoms with Crippen LogP contribution in [0, 0.1) is 12.3 Å². The Morgan fingerprint density at radius 1 is 1.56 bits per heavy atom. The van der Waals surface area contributed by atoms with Gasteiger partial charge >= 0.3 is 5.97 Å². The summed E-state index contributed by atoms with van der Waals surface area (Å²) < 4.78 is 0. The Labute approximate surface area is 112 Å². The lowest BCUT2D eigenvalue weighted by Crippen LogP contribution is -2.43. The number of carbonyl (C=O) groups is 1. The molecule has 0 aromatic carbocycles. The molecule has 0 bridgehead atoms. The van der Waals surface area contributed by atoms with Crippen LogP contribution in [-0.2, 0) is 11.3 Å². The van der Waals surface area contributed by atoms with E-state index in [-0.39, 0.29) is 0 Å². The van der Waals surface area contributed by atoms with Crippen LogP contribution in [0.5, 0.6) is 0 Å². The summed E-state index contributed by atoms with van der Waals surface area (Å²) in [4.78, 5) is 18.1.